The molecule has 0 radical (unpaired) electrons. The molecule has 0 saturated carbocycles. The molecule has 1 aliphatic rings. The highest BCUT2D eigenvalue weighted by molar-refractivity contribution is 5.44. The number of aryl methyl sites for hydroxylation is 1. The number of anilines is 1. The summed E-state index contributed by atoms with van der Waals surface area (Å²) < 4.78 is 0. The number of H-pyrrole nitrogens is 1. The first kappa shape index (κ1) is 13.1. The third-order valence-electron chi connectivity index (χ3n) is 4.04. The Morgan fingerprint density at radius 3 is 2.70 bits per heavy atom. The summed E-state index contributed by atoms with van der Waals surface area (Å²) in [6.45, 7) is 5.18. The van der Waals surface area contributed by atoms with Crippen molar-refractivity contribution in [1.82, 2.24) is 20.5 Å². The molecule has 3 heterocycles. The highest BCUT2D eigenvalue weighted by Crippen LogP contribution is 2.19. The molecule has 5 heteroatoms. The van der Waals surface area contributed by atoms with Gasteiger partial charge in [0.05, 0.1) is 6.20 Å². The maximum atomic E-state index is 4.07. The smallest absolute Gasteiger partial charge is 0.0535 e. The fourth-order valence-electron chi connectivity index (χ4n) is 2.70. The fraction of sp³-hybridized carbons (Fsp3) is 0.467. The molecule has 5 nitrogen and oxygen atoms in total. The Morgan fingerprint density at radius 1 is 1.30 bits per heavy atom. The minimum Gasteiger partial charge on any atom is -0.371 e. The predicted octanol–water partition coefficient (Wildman–Crippen LogP) is 1.87. The van der Waals surface area contributed by atoms with Crippen molar-refractivity contribution in [1.29, 1.82) is 0 Å². The summed E-state index contributed by atoms with van der Waals surface area (Å²) in [5, 5.41) is 10.7. The molecular formula is C15H21N5. The number of nitrogens with one attached hydrogen (secondary N) is 2. The van der Waals surface area contributed by atoms with E-state index >= 15 is 0 Å². The lowest BCUT2D eigenvalue weighted by Gasteiger charge is -2.34. The zero-order valence-electron chi connectivity index (χ0n) is 11.8. The number of pyridine rings is 1. The van der Waals surface area contributed by atoms with Gasteiger partial charge in [0.2, 0.25) is 0 Å². The second-order valence-electron chi connectivity index (χ2n) is 5.37. The summed E-state index contributed by atoms with van der Waals surface area (Å²) in [5.74, 6) is 0. The zero-order valence-corrected chi connectivity index (χ0v) is 11.8. The molecule has 0 spiro atoms. The topological polar surface area (TPSA) is 56.8 Å². The Hall–Kier alpha value is -1.88. The summed E-state index contributed by atoms with van der Waals surface area (Å²) in [5.41, 5.74) is 3.71. The van der Waals surface area contributed by atoms with E-state index in [2.05, 4.69) is 44.5 Å². The van der Waals surface area contributed by atoms with Gasteiger partial charge in [0.1, 0.15) is 0 Å². The number of aromatic nitrogens is 3. The number of rotatable bonds is 4. The van der Waals surface area contributed by atoms with Crippen LogP contribution < -0.4 is 10.2 Å². The van der Waals surface area contributed by atoms with E-state index in [4.69, 9.17) is 0 Å². The van der Waals surface area contributed by atoms with Crippen molar-refractivity contribution in [3.05, 3.63) is 42.0 Å². The van der Waals surface area contributed by atoms with Crippen LogP contribution in [0.2, 0.25) is 0 Å². The van der Waals surface area contributed by atoms with E-state index < -0.39 is 0 Å². The summed E-state index contributed by atoms with van der Waals surface area (Å²) in [4.78, 5) is 6.51. The molecule has 2 N–H and O–H groups in total. The zero-order chi connectivity index (χ0) is 13.8. The Morgan fingerprint density at radius 2 is 2.05 bits per heavy atom. The van der Waals surface area contributed by atoms with Crippen LogP contribution in [0.1, 0.15) is 24.1 Å². The molecular weight excluding hydrogens is 250 g/mol. The molecule has 2 aromatic heterocycles. The van der Waals surface area contributed by atoms with E-state index in [1.807, 2.05) is 18.6 Å². The van der Waals surface area contributed by atoms with Gasteiger partial charge in [-0.3, -0.25) is 10.1 Å². The highest BCUT2D eigenvalue weighted by atomic mass is 15.2. The Labute approximate surface area is 119 Å². The van der Waals surface area contributed by atoms with Crippen molar-refractivity contribution in [2.24, 2.45) is 0 Å². The van der Waals surface area contributed by atoms with Gasteiger partial charge in [0.15, 0.2) is 0 Å². The Bertz CT molecular complexity index is 528. The maximum Gasteiger partial charge on any atom is 0.0535 e. The van der Waals surface area contributed by atoms with Crippen molar-refractivity contribution in [2.75, 3.05) is 18.0 Å². The van der Waals surface area contributed by atoms with Crippen LogP contribution in [-0.2, 0) is 6.54 Å². The van der Waals surface area contributed by atoms with E-state index in [9.17, 15) is 0 Å². The molecule has 0 amide bonds. The molecule has 106 valence electrons. The van der Waals surface area contributed by atoms with Crippen LogP contribution in [0.25, 0.3) is 0 Å². The molecule has 1 saturated heterocycles. The minimum absolute atomic E-state index is 0.599. The average Bonchev–Trinajstić information content (AvgIpc) is 2.92. The van der Waals surface area contributed by atoms with E-state index in [1.165, 1.54) is 24.1 Å². The summed E-state index contributed by atoms with van der Waals surface area (Å²) in [7, 11) is 0. The summed E-state index contributed by atoms with van der Waals surface area (Å²) in [6.07, 6.45) is 8.00. The van der Waals surface area contributed by atoms with Gasteiger partial charge in [-0.25, -0.2) is 0 Å². The molecule has 20 heavy (non-hydrogen) atoms. The molecule has 0 atom stereocenters. The van der Waals surface area contributed by atoms with Gasteiger partial charge in [0, 0.05) is 55.0 Å². The normalized spacial score (nSPS) is 16.6. The quantitative estimate of drug-likeness (QED) is 0.891. The lowest BCUT2D eigenvalue weighted by molar-refractivity contribution is 0.413. The Kier molecular flexibility index (Phi) is 3.97. The SMILES string of the molecule is Cc1[nH]ncc1CNC1CCN(c2ccncc2)CC1. The van der Waals surface area contributed by atoms with Gasteiger partial charge < -0.3 is 10.2 Å². The van der Waals surface area contributed by atoms with Gasteiger partial charge in [-0.2, -0.15) is 5.10 Å². The standard InChI is InChI=1S/C15H21N5/c1-12-13(11-18-19-12)10-17-14-4-8-20(9-5-14)15-2-6-16-7-3-15/h2-3,6-7,11,14,17H,4-5,8-10H2,1H3,(H,18,19). The van der Waals surface area contributed by atoms with Crippen molar-refractivity contribution < 1.29 is 0 Å². The first-order valence-electron chi connectivity index (χ1n) is 7.20. The lowest BCUT2D eigenvalue weighted by atomic mass is 10.0. The van der Waals surface area contributed by atoms with E-state index in [-0.39, 0.29) is 0 Å². The number of hydrogen-bond donors (Lipinski definition) is 2. The van der Waals surface area contributed by atoms with E-state index in [0.29, 0.717) is 6.04 Å². The Balaban J connectivity index is 1.48. The molecule has 0 bridgehead atoms. The predicted molar refractivity (Wildman–Crippen MR) is 79.6 cm³/mol. The van der Waals surface area contributed by atoms with Crippen molar-refractivity contribution in [2.45, 2.75) is 32.4 Å². The van der Waals surface area contributed by atoms with Crippen LogP contribution >= 0.6 is 0 Å². The largest absolute Gasteiger partial charge is 0.371 e. The number of aromatic amines is 1. The third-order valence-corrected chi connectivity index (χ3v) is 4.04. The molecule has 0 aliphatic carbocycles. The number of nitrogens with zero attached hydrogens (tertiary/aromatic N) is 3. The number of piperidine rings is 1. The lowest BCUT2D eigenvalue weighted by Crippen LogP contribution is -2.42. The second-order valence-corrected chi connectivity index (χ2v) is 5.37. The molecule has 0 aromatic carbocycles. The van der Waals surface area contributed by atoms with Crippen molar-refractivity contribution in [3.63, 3.8) is 0 Å². The van der Waals surface area contributed by atoms with Crippen molar-refractivity contribution in [3.8, 4) is 0 Å². The third kappa shape index (κ3) is 2.99. The minimum atomic E-state index is 0.599. The average molecular weight is 271 g/mol. The second kappa shape index (κ2) is 6.05. The van der Waals surface area contributed by atoms with Gasteiger partial charge in [-0.1, -0.05) is 0 Å². The van der Waals surface area contributed by atoms with E-state index in [0.717, 1.165) is 25.3 Å². The van der Waals surface area contributed by atoms with Crippen molar-refractivity contribution >= 4 is 5.69 Å². The molecule has 0 unspecified atom stereocenters. The highest BCUT2D eigenvalue weighted by Gasteiger charge is 2.19. The first-order valence-corrected chi connectivity index (χ1v) is 7.20. The number of hydrogen-bond acceptors (Lipinski definition) is 4. The summed E-state index contributed by atoms with van der Waals surface area (Å²) >= 11 is 0. The van der Waals surface area contributed by atoms with Gasteiger partial charge >= 0.3 is 0 Å². The van der Waals surface area contributed by atoms with Gasteiger partial charge in [0.25, 0.3) is 0 Å². The molecule has 3 rings (SSSR count). The van der Waals surface area contributed by atoms with Crippen LogP contribution in [-0.4, -0.2) is 34.3 Å². The fourth-order valence-corrected chi connectivity index (χ4v) is 2.70. The van der Waals surface area contributed by atoms with Crippen LogP contribution in [0.3, 0.4) is 0 Å². The van der Waals surface area contributed by atoms with Crippen LogP contribution in [0, 0.1) is 6.92 Å². The molecule has 1 fully saturated rings. The molecule has 2 aromatic rings. The van der Waals surface area contributed by atoms with Crippen LogP contribution in [0.5, 0.6) is 0 Å². The maximum absolute atomic E-state index is 4.07. The van der Waals surface area contributed by atoms with Crippen LogP contribution in [0.15, 0.2) is 30.7 Å². The summed E-state index contributed by atoms with van der Waals surface area (Å²) in [6, 6.07) is 4.77. The van der Waals surface area contributed by atoms with Gasteiger partial charge in [-0.05, 0) is 31.9 Å². The van der Waals surface area contributed by atoms with Gasteiger partial charge in [-0.15, -0.1) is 0 Å². The van der Waals surface area contributed by atoms with Crippen LogP contribution in [0.4, 0.5) is 5.69 Å². The first-order chi connectivity index (χ1) is 9.83. The monoisotopic (exact) mass is 271 g/mol. The molecule has 1 aliphatic heterocycles. The van der Waals surface area contributed by atoms with E-state index in [1.54, 1.807) is 0 Å².